The van der Waals surface area contributed by atoms with Gasteiger partial charge >= 0.3 is 4.87 Å². The van der Waals surface area contributed by atoms with E-state index in [2.05, 4.69) is 4.98 Å². The van der Waals surface area contributed by atoms with Crippen molar-refractivity contribution in [1.29, 1.82) is 0 Å². The fourth-order valence-electron chi connectivity index (χ4n) is 5.43. The number of thiazole rings is 1. The standard InChI is InChI=1S/C27H25N3O5S2/c31-19(29-13-7-2-8-14-29)15-35-18-12-6-5-11-17(18)20-21-23(36-24-22(20)37-27(34)28-24)26(33)30(25(21)32)16-9-3-1-4-10-16/h1,3-6,9-12,20-21,23H,2,7-8,13-15H2,(H,28,34)/t20-,21?,23?/m1/s1. The molecule has 3 amide bonds. The van der Waals surface area contributed by atoms with Crippen LogP contribution < -0.4 is 14.5 Å². The van der Waals surface area contributed by atoms with Crippen LogP contribution in [0, 0.1) is 5.92 Å². The predicted octanol–water partition coefficient (Wildman–Crippen LogP) is 3.62. The number of hydrogen-bond acceptors (Lipinski definition) is 7. The molecule has 3 aromatic rings. The fraction of sp³-hybridized carbons (Fsp3) is 0.333. The summed E-state index contributed by atoms with van der Waals surface area (Å²) in [5.74, 6) is -1.46. The van der Waals surface area contributed by atoms with E-state index in [1.807, 2.05) is 29.2 Å². The summed E-state index contributed by atoms with van der Waals surface area (Å²) in [5.41, 5.74) is 1.22. The number of H-pyrrole nitrogens is 1. The number of carbonyl (C=O) groups is 3. The summed E-state index contributed by atoms with van der Waals surface area (Å²) in [7, 11) is 0. The van der Waals surface area contributed by atoms with Crippen molar-refractivity contribution in [1.82, 2.24) is 9.88 Å². The van der Waals surface area contributed by atoms with E-state index in [0.717, 1.165) is 43.7 Å². The summed E-state index contributed by atoms with van der Waals surface area (Å²) in [5, 5.41) is -0.0741. The van der Waals surface area contributed by atoms with Crippen LogP contribution in [0.15, 0.2) is 64.4 Å². The molecule has 8 nitrogen and oxygen atoms in total. The van der Waals surface area contributed by atoms with E-state index < -0.39 is 17.1 Å². The molecule has 6 rings (SSSR count). The molecule has 2 saturated heterocycles. The zero-order valence-electron chi connectivity index (χ0n) is 19.9. The van der Waals surface area contributed by atoms with E-state index in [1.165, 1.54) is 16.7 Å². The molecule has 37 heavy (non-hydrogen) atoms. The number of hydrogen-bond donors (Lipinski definition) is 1. The molecule has 2 aromatic carbocycles. The van der Waals surface area contributed by atoms with Crippen LogP contribution in [0.1, 0.15) is 35.6 Å². The molecule has 2 unspecified atom stereocenters. The maximum atomic E-state index is 13.8. The summed E-state index contributed by atoms with van der Waals surface area (Å²) >= 11 is 2.29. The van der Waals surface area contributed by atoms with Gasteiger partial charge in [0.05, 0.1) is 16.6 Å². The quantitative estimate of drug-likeness (QED) is 0.501. The maximum absolute atomic E-state index is 13.8. The second-order valence-corrected chi connectivity index (χ2v) is 11.5. The molecule has 10 heteroatoms. The third kappa shape index (κ3) is 4.27. The van der Waals surface area contributed by atoms with Gasteiger partial charge in [-0.05, 0) is 37.5 Å². The topological polar surface area (TPSA) is 99.8 Å². The number of likely N-dealkylation sites (tertiary alicyclic amines) is 1. The Balaban J connectivity index is 1.37. The number of piperidine rings is 1. The average molecular weight is 536 g/mol. The predicted molar refractivity (Wildman–Crippen MR) is 141 cm³/mol. The number of nitrogens with zero attached hydrogens (tertiary/aromatic N) is 2. The monoisotopic (exact) mass is 535 g/mol. The molecule has 3 aliphatic rings. The number of carbonyl (C=O) groups excluding carboxylic acids is 3. The second kappa shape index (κ2) is 9.83. The SMILES string of the molecule is O=C(COc1ccccc1[C@H]1c2sc(=O)[nH]c2SC2C(=O)N(c3ccccc3)C(=O)C21)N1CCCCC1. The number of ether oxygens (including phenoxy) is 1. The van der Waals surface area contributed by atoms with Crippen LogP contribution in [-0.2, 0) is 14.4 Å². The first kappa shape index (κ1) is 24.0. The first-order valence-electron chi connectivity index (χ1n) is 12.3. The molecular formula is C27H25N3O5S2. The van der Waals surface area contributed by atoms with Crippen LogP contribution in [-0.4, -0.2) is 52.6 Å². The number of aromatic nitrogens is 1. The van der Waals surface area contributed by atoms with E-state index in [-0.39, 0.29) is 29.2 Å². The highest BCUT2D eigenvalue weighted by Gasteiger charge is 2.56. The number of thioether (sulfide) groups is 1. The van der Waals surface area contributed by atoms with Crippen molar-refractivity contribution in [3.63, 3.8) is 0 Å². The van der Waals surface area contributed by atoms with Crippen molar-refractivity contribution in [2.24, 2.45) is 5.92 Å². The molecule has 0 saturated carbocycles. The highest BCUT2D eigenvalue weighted by atomic mass is 32.2. The summed E-state index contributed by atoms with van der Waals surface area (Å²) in [4.78, 5) is 58.9. The van der Waals surface area contributed by atoms with Crippen molar-refractivity contribution in [2.45, 2.75) is 35.5 Å². The van der Waals surface area contributed by atoms with Crippen LogP contribution in [0.4, 0.5) is 5.69 Å². The van der Waals surface area contributed by atoms with Crippen LogP contribution in [0.3, 0.4) is 0 Å². The Bertz CT molecular complexity index is 1410. The van der Waals surface area contributed by atoms with E-state index in [4.69, 9.17) is 4.74 Å². The minimum absolute atomic E-state index is 0.0686. The highest BCUT2D eigenvalue weighted by molar-refractivity contribution is 8.00. The van der Waals surface area contributed by atoms with Gasteiger partial charge in [-0.2, -0.15) is 0 Å². The highest BCUT2D eigenvalue weighted by Crippen LogP contribution is 2.54. The molecule has 2 fully saturated rings. The second-order valence-electron chi connectivity index (χ2n) is 9.37. The maximum Gasteiger partial charge on any atom is 0.305 e. The smallest absolute Gasteiger partial charge is 0.305 e. The van der Waals surface area contributed by atoms with Gasteiger partial charge in [0.15, 0.2) is 6.61 Å². The Kier molecular flexibility index (Phi) is 6.37. The number of para-hydroxylation sites is 2. The third-order valence-corrected chi connectivity index (χ3v) is 9.55. The molecule has 0 bridgehead atoms. The Labute approximate surface area is 221 Å². The van der Waals surface area contributed by atoms with Crippen molar-refractivity contribution in [3.8, 4) is 5.75 Å². The molecule has 0 aliphatic carbocycles. The number of imide groups is 1. The number of nitrogens with one attached hydrogen (secondary N) is 1. The van der Waals surface area contributed by atoms with Crippen molar-refractivity contribution in [2.75, 3.05) is 24.6 Å². The molecule has 4 heterocycles. The molecule has 3 aliphatic heterocycles. The third-order valence-electron chi connectivity index (χ3n) is 7.15. The molecule has 1 N–H and O–H groups in total. The lowest BCUT2D eigenvalue weighted by atomic mass is 9.82. The van der Waals surface area contributed by atoms with E-state index in [0.29, 0.717) is 26.9 Å². The van der Waals surface area contributed by atoms with Gasteiger partial charge in [0, 0.05) is 29.4 Å². The van der Waals surface area contributed by atoms with Gasteiger partial charge in [0.2, 0.25) is 11.8 Å². The minimum atomic E-state index is -0.709. The number of fused-ring (bicyclic) bond motifs is 2. The lowest BCUT2D eigenvalue weighted by molar-refractivity contribution is -0.134. The summed E-state index contributed by atoms with van der Waals surface area (Å²) in [6, 6.07) is 16.2. The van der Waals surface area contributed by atoms with Gasteiger partial charge in [0.25, 0.3) is 5.91 Å². The largest absolute Gasteiger partial charge is 0.483 e. The van der Waals surface area contributed by atoms with Gasteiger partial charge in [-0.15, -0.1) is 0 Å². The van der Waals surface area contributed by atoms with Gasteiger partial charge in [-0.1, -0.05) is 59.5 Å². The van der Waals surface area contributed by atoms with E-state index >= 15 is 0 Å². The normalized spacial score (nSPS) is 23.1. The molecule has 0 spiro atoms. The van der Waals surface area contributed by atoms with Crippen molar-refractivity contribution in [3.05, 3.63) is 74.7 Å². The molecule has 0 radical (unpaired) electrons. The Morgan fingerprint density at radius 2 is 1.68 bits per heavy atom. The lowest BCUT2D eigenvalue weighted by Crippen LogP contribution is -2.38. The van der Waals surface area contributed by atoms with Crippen molar-refractivity contribution >= 4 is 46.5 Å². The number of benzene rings is 2. The van der Waals surface area contributed by atoms with E-state index in [9.17, 15) is 19.2 Å². The Morgan fingerprint density at radius 1 is 0.946 bits per heavy atom. The van der Waals surface area contributed by atoms with Gasteiger partial charge in [-0.3, -0.25) is 19.2 Å². The van der Waals surface area contributed by atoms with Gasteiger partial charge in [0.1, 0.15) is 11.0 Å². The zero-order chi connectivity index (χ0) is 25.5. The lowest BCUT2D eigenvalue weighted by Gasteiger charge is -2.31. The Morgan fingerprint density at radius 3 is 2.46 bits per heavy atom. The number of anilines is 1. The summed E-state index contributed by atoms with van der Waals surface area (Å²) in [6.07, 6.45) is 3.12. The van der Waals surface area contributed by atoms with Crippen LogP contribution in [0.5, 0.6) is 5.75 Å². The number of rotatable bonds is 5. The van der Waals surface area contributed by atoms with Crippen LogP contribution in [0.2, 0.25) is 0 Å². The first-order chi connectivity index (χ1) is 18.0. The van der Waals surface area contributed by atoms with Gasteiger partial charge in [-0.25, -0.2) is 4.90 Å². The average Bonchev–Trinajstić information content (AvgIpc) is 3.42. The van der Waals surface area contributed by atoms with Gasteiger partial charge < -0.3 is 14.6 Å². The molecule has 3 atom stereocenters. The first-order valence-corrected chi connectivity index (χ1v) is 14.0. The van der Waals surface area contributed by atoms with Crippen LogP contribution >= 0.6 is 23.1 Å². The summed E-state index contributed by atoms with van der Waals surface area (Å²) in [6.45, 7) is 1.37. The van der Waals surface area contributed by atoms with E-state index in [1.54, 1.807) is 30.3 Å². The van der Waals surface area contributed by atoms with Crippen molar-refractivity contribution < 1.29 is 19.1 Å². The number of aromatic amines is 1. The Hall–Kier alpha value is -3.37. The zero-order valence-corrected chi connectivity index (χ0v) is 21.6. The minimum Gasteiger partial charge on any atom is -0.483 e. The fourth-order valence-corrected chi connectivity index (χ4v) is 7.93. The molecule has 190 valence electrons. The molecular weight excluding hydrogens is 510 g/mol. The van der Waals surface area contributed by atoms with Crippen LogP contribution in [0.25, 0.3) is 0 Å². The molecule has 1 aromatic heterocycles. The number of amides is 3. The summed E-state index contributed by atoms with van der Waals surface area (Å²) < 4.78 is 6.06.